The molecule has 0 radical (unpaired) electrons. The lowest BCUT2D eigenvalue weighted by Gasteiger charge is -2.40. The number of benzene rings is 1. The van der Waals surface area contributed by atoms with Gasteiger partial charge in [0.1, 0.15) is 6.10 Å². The maximum Gasteiger partial charge on any atom is 0.309 e. The predicted octanol–water partition coefficient (Wildman–Crippen LogP) is 2.69. The standard InChI is InChI=1S/C17H20O4/c1-19-13-7-6-9-8-11(17(18)20-2)10-4-3-5-12-15(10)14(9)16(13)21-12/h6-7,10-12,15H,3-5,8H2,1-2H3/t10-,11-,12-,15+/m0/s1. The van der Waals surface area contributed by atoms with Crippen LogP contribution in [0, 0.1) is 11.8 Å². The SMILES string of the molecule is COC(=O)[C@H]1Cc2ccc(OC)c3c2[C@@H]2[C@H]1CCC[C@@H]2O3. The molecule has 4 rings (SSSR count). The zero-order valence-corrected chi connectivity index (χ0v) is 12.4. The Labute approximate surface area is 124 Å². The van der Waals surface area contributed by atoms with Gasteiger partial charge in [0.15, 0.2) is 11.5 Å². The Morgan fingerprint density at radius 2 is 2.14 bits per heavy atom. The maximum absolute atomic E-state index is 12.2. The summed E-state index contributed by atoms with van der Waals surface area (Å²) in [5.41, 5.74) is 2.52. The third-order valence-corrected chi connectivity index (χ3v) is 5.42. The highest BCUT2D eigenvalue weighted by Crippen LogP contribution is 2.58. The number of ether oxygens (including phenoxy) is 3. The lowest BCUT2D eigenvalue weighted by Crippen LogP contribution is -2.41. The van der Waals surface area contributed by atoms with Crippen LogP contribution in [0.1, 0.15) is 36.3 Å². The van der Waals surface area contributed by atoms with Gasteiger partial charge in [-0.15, -0.1) is 0 Å². The van der Waals surface area contributed by atoms with Gasteiger partial charge >= 0.3 is 5.97 Å². The molecule has 4 heteroatoms. The molecule has 1 heterocycles. The summed E-state index contributed by atoms with van der Waals surface area (Å²) in [7, 11) is 3.17. The van der Waals surface area contributed by atoms with Crippen LogP contribution in [0.2, 0.25) is 0 Å². The molecule has 0 unspecified atom stereocenters. The Morgan fingerprint density at radius 3 is 2.90 bits per heavy atom. The second-order valence-electron chi connectivity index (χ2n) is 6.28. The molecule has 1 aromatic carbocycles. The molecule has 1 fully saturated rings. The number of hydrogen-bond donors (Lipinski definition) is 0. The van der Waals surface area contributed by atoms with Crippen molar-refractivity contribution >= 4 is 5.97 Å². The normalized spacial score (nSPS) is 32.1. The number of rotatable bonds is 2. The van der Waals surface area contributed by atoms with Crippen LogP contribution in [-0.2, 0) is 16.0 Å². The van der Waals surface area contributed by atoms with Crippen LogP contribution >= 0.6 is 0 Å². The Hall–Kier alpha value is -1.71. The first kappa shape index (κ1) is 13.0. The topological polar surface area (TPSA) is 44.8 Å². The summed E-state index contributed by atoms with van der Waals surface area (Å²) < 4.78 is 16.7. The van der Waals surface area contributed by atoms with Crippen molar-refractivity contribution < 1.29 is 19.0 Å². The summed E-state index contributed by atoms with van der Waals surface area (Å²) in [6.45, 7) is 0. The van der Waals surface area contributed by atoms with E-state index in [0.29, 0.717) is 11.8 Å². The molecular formula is C17H20O4. The van der Waals surface area contributed by atoms with Crippen molar-refractivity contribution in [2.24, 2.45) is 11.8 Å². The Balaban J connectivity index is 1.85. The first-order valence-electron chi connectivity index (χ1n) is 7.69. The van der Waals surface area contributed by atoms with Gasteiger partial charge in [-0.2, -0.15) is 0 Å². The molecule has 112 valence electrons. The Kier molecular flexibility index (Phi) is 2.88. The highest BCUT2D eigenvalue weighted by atomic mass is 16.5. The van der Waals surface area contributed by atoms with Crippen molar-refractivity contribution in [3.63, 3.8) is 0 Å². The molecule has 0 saturated heterocycles. The zero-order chi connectivity index (χ0) is 14.6. The summed E-state index contributed by atoms with van der Waals surface area (Å²) in [4.78, 5) is 12.2. The van der Waals surface area contributed by atoms with Crippen LogP contribution in [0.4, 0.5) is 0 Å². The van der Waals surface area contributed by atoms with Gasteiger partial charge in [0, 0.05) is 11.5 Å². The molecule has 1 saturated carbocycles. The molecule has 4 atom stereocenters. The molecule has 4 nitrogen and oxygen atoms in total. The van der Waals surface area contributed by atoms with Crippen molar-refractivity contribution in [1.82, 2.24) is 0 Å². The van der Waals surface area contributed by atoms with Crippen molar-refractivity contribution in [2.45, 2.75) is 37.7 Å². The van der Waals surface area contributed by atoms with E-state index in [0.717, 1.165) is 37.2 Å². The minimum Gasteiger partial charge on any atom is -0.493 e. The highest BCUT2D eigenvalue weighted by molar-refractivity contribution is 5.75. The maximum atomic E-state index is 12.2. The van der Waals surface area contributed by atoms with E-state index in [1.807, 2.05) is 6.07 Å². The van der Waals surface area contributed by atoms with Crippen molar-refractivity contribution in [3.8, 4) is 11.5 Å². The van der Waals surface area contributed by atoms with E-state index < -0.39 is 0 Å². The fraction of sp³-hybridized carbons (Fsp3) is 0.588. The van der Waals surface area contributed by atoms with E-state index in [1.165, 1.54) is 18.2 Å². The van der Waals surface area contributed by atoms with Crippen LogP contribution in [0.25, 0.3) is 0 Å². The van der Waals surface area contributed by atoms with Gasteiger partial charge < -0.3 is 14.2 Å². The van der Waals surface area contributed by atoms with Crippen LogP contribution < -0.4 is 9.47 Å². The number of esters is 1. The van der Waals surface area contributed by atoms with Gasteiger partial charge in [-0.05, 0) is 43.2 Å². The van der Waals surface area contributed by atoms with Gasteiger partial charge in [0.2, 0.25) is 0 Å². The van der Waals surface area contributed by atoms with Crippen molar-refractivity contribution in [1.29, 1.82) is 0 Å². The molecule has 1 aromatic rings. The molecule has 0 N–H and O–H groups in total. The Morgan fingerprint density at radius 1 is 1.29 bits per heavy atom. The van der Waals surface area contributed by atoms with Crippen LogP contribution in [0.5, 0.6) is 11.5 Å². The van der Waals surface area contributed by atoms with Gasteiger partial charge in [-0.1, -0.05) is 6.07 Å². The third-order valence-electron chi connectivity index (χ3n) is 5.42. The second-order valence-corrected chi connectivity index (χ2v) is 6.28. The zero-order valence-electron chi connectivity index (χ0n) is 12.4. The van der Waals surface area contributed by atoms with E-state index in [1.54, 1.807) is 7.11 Å². The number of hydrogen-bond acceptors (Lipinski definition) is 4. The monoisotopic (exact) mass is 288 g/mol. The van der Waals surface area contributed by atoms with Crippen LogP contribution in [0.3, 0.4) is 0 Å². The highest BCUT2D eigenvalue weighted by Gasteiger charge is 2.51. The minimum atomic E-state index is -0.0735. The molecule has 1 aliphatic heterocycles. The smallest absolute Gasteiger partial charge is 0.309 e. The fourth-order valence-electron chi connectivity index (χ4n) is 4.57. The summed E-state index contributed by atoms with van der Waals surface area (Å²) >= 11 is 0. The molecule has 3 aliphatic rings. The summed E-state index contributed by atoms with van der Waals surface area (Å²) in [5, 5.41) is 0. The average molecular weight is 288 g/mol. The molecule has 21 heavy (non-hydrogen) atoms. The third kappa shape index (κ3) is 1.71. The first-order chi connectivity index (χ1) is 10.2. The van der Waals surface area contributed by atoms with Crippen molar-refractivity contribution in [2.75, 3.05) is 14.2 Å². The van der Waals surface area contributed by atoms with E-state index >= 15 is 0 Å². The summed E-state index contributed by atoms with van der Waals surface area (Å²) in [6.07, 6.45) is 4.22. The van der Waals surface area contributed by atoms with Gasteiger partial charge in [0.05, 0.1) is 20.1 Å². The van der Waals surface area contributed by atoms with E-state index in [9.17, 15) is 4.79 Å². The quantitative estimate of drug-likeness (QED) is 0.785. The molecule has 0 bridgehead atoms. The lowest BCUT2D eigenvalue weighted by atomic mass is 9.63. The first-order valence-corrected chi connectivity index (χ1v) is 7.69. The molecular weight excluding hydrogens is 268 g/mol. The van der Waals surface area contributed by atoms with Crippen molar-refractivity contribution in [3.05, 3.63) is 23.3 Å². The summed E-state index contributed by atoms with van der Waals surface area (Å²) in [6, 6.07) is 4.05. The predicted molar refractivity (Wildman–Crippen MR) is 76.7 cm³/mol. The van der Waals surface area contributed by atoms with E-state index in [4.69, 9.17) is 14.2 Å². The fourth-order valence-corrected chi connectivity index (χ4v) is 4.57. The molecule has 2 aliphatic carbocycles. The molecule has 0 spiro atoms. The van der Waals surface area contributed by atoms with Gasteiger partial charge in [0.25, 0.3) is 0 Å². The van der Waals surface area contributed by atoms with Gasteiger partial charge in [-0.25, -0.2) is 0 Å². The number of carbonyl (C=O) groups excluding carboxylic acids is 1. The van der Waals surface area contributed by atoms with Crippen LogP contribution in [-0.4, -0.2) is 26.3 Å². The summed E-state index contributed by atoms with van der Waals surface area (Å²) in [5.74, 6) is 2.31. The van der Waals surface area contributed by atoms with Crippen LogP contribution in [0.15, 0.2) is 12.1 Å². The van der Waals surface area contributed by atoms with E-state index in [-0.39, 0.29) is 18.0 Å². The largest absolute Gasteiger partial charge is 0.493 e. The number of methoxy groups -OCH3 is 2. The Bertz CT molecular complexity index is 595. The van der Waals surface area contributed by atoms with Gasteiger partial charge in [-0.3, -0.25) is 4.79 Å². The second kappa shape index (κ2) is 4.65. The number of carbonyl (C=O) groups is 1. The molecule has 0 amide bonds. The molecule has 0 aromatic heterocycles. The lowest BCUT2D eigenvalue weighted by molar-refractivity contribution is -0.149. The van der Waals surface area contributed by atoms with E-state index in [2.05, 4.69) is 6.07 Å². The minimum absolute atomic E-state index is 0.0294. The average Bonchev–Trinajstić information content (AvgIpc) is 2.92.